The topological polar surface area (TPSA) is 75.7 Å². The minimum absolute atomic E-state index is 0.0368. The van der Waals surface area contributed by atoms with Gasteiger partial charge in [0.25, 0.3) is 10.0 Å². The van der Waals surface area contributed by atoms with Crippen LogP contribution in [0.15, 0.2) is 71.6 Å². The van der Waals surface area contributed by atoms with Gasteiger partial charge in [0.15, 0.2) is 0 Å². The number of aryl methyl sites for hydroxylation is 1. The number of carbonyl (C=O) groups is 1. The van der Waals surface area contributed by atoms with E-state index in [4.69, 9.17) is 16.3 Å². The van der Waals surface area contributed by atoms with Gasteiger partial charge in [-0.1, -0.05) is 41.4 Å². The molecule has 0 fully saturated rings. The second-order valence-electron chi connectivity index (χ2n) is 7.62. The van der Waals surface area contributed by atoms with Crippen LogP contribution in [0, 0.1) is 6.92 Å². The summed E-state index contributed by atoms with van der Waals surface area (Å²) >= 11 is 6.09. The summed E-state index contributed by atoms with van der Waals surface area (Å²) in [5.41, 5.74) is 0.238. The number of methoxy groups -OCH3 is 1. The molecular formula is C24H22ClF3N2O4S. The number of nitrogens with one attached hydrogen (secondary N) is 1. The van der Waals surface area contributed by atoms with Crippen molar-refractivity contribution in [2.24, 2.45) is 0 Å². The summed E-state index contributed by atoms with van der Waals surface area (Å²) < 4.78 is 72.0. The van der Waals surface area contributed by atoms with Crippen molar-refractivity contribution in [2.45, 2.75) is 24.5 Å². The summed E-state index contributed by atoms with van der Waals surface area (Å²) in [5.74, 6) is -0.573. The van der Waals surface area contributed by atoms with Crippen molar-refractivity contribution in [3.63, 3.8) is 0 Å². The van der Waals surface area contributed by atoms with Gasteiger partial charge in [-0.2, -0.15) is 13.2 Å². The highest BCUT2D eigenvalue weighted by Crippen LogP contribution is 2.35. The van der Waals surface area contributed by atoms with Gasteiger partial charge in [0.1, 0.15) is 12.3 Å². The predicted molar refractivity (Wildman–Crippen MR) is 127 cm³/mol. The Morgan fingerprint density at radius 3 is 2.37 bits per heavy atom. The number of halogens is 4. The van der Waals surface area contributed by atoms with E-state index in [1.807, 2.05) is 0 Å². The first kappa shape index (κ1) is 26.4. The van der Waals surface area contributed by atoms with Crippen LogP contribution in [0.1, 0.15) is 16.7 Å². The maximum Gasteiger partial charge on any atom is 0.416 e. The lowest BCUT2D eigenvalue weighted by Gasteiger charge is -2.26. The van der Waals surface area contributed by atoms with E-state index in [1.54, 1.807) is 19.1 Å². The van der Waals surface area contributed by atoms with Gasteiger partial charge in [0, 0.05) is 11.6 Å². The van der Waals surface area contributed by atoms with Gasteiger partial charge in [0.2, 0.25) is 5.91 Å². The SMILES string of the molecule is COc1ccc(Cl)cc1N(CC(=O)NCc1cccc(C(F)(F)F)c1)S(=O)(=O)c1ccc(C)cc1. The highest BCUT2D eigenvalue weighted by molar-refractivity contribution is 7.92. The van der Waals surface area contributed by atoms with Crippen LogP contribution in [0.4, 0.5) is 18.9 Å². The number of ether oxygens (including phenoxy) is 1. The zero-order valence-electron chi connectivity index (χ0n) is 18.8. The number of anilines is 1. The Kier molecular flexibility index (Phi) is 7.97. The zero-order valence-corrected chi connectivity index (χ0v) is 20.3. The molecule has 0 aliphatic carbocycles. The van der Waals surface area contributed by atoms with Gasteiger partial charge in [-0.05, 0) is 55.0 Å². The molecule has 0 radical (unpaired) electrons. The van der Waals surface area contributed by atoms with Gasteiger partial charge in [0.05, 0.1) is 23.3 Å². The molecule has 0 bridgehead atoms. The largest absolute Gasteiger partial charge is 0.495 e. The van der Waals surface area contributed by atoms with E-state index in [-0.39, 0.29) is 33.5 Å². The number of carbonyl (C=O) groups excluding carboxylic acids is 1. The summed E-state index contributed by atoms with van der Waals surface area (Å²) in [6, 6.07) is 14.9. The van der Waals surface area contributed by atoms with Crippen molar-refractivity contribution in [1.82, 2.24) is 5.32 Å². The molecule has 3 aromatic carbocycles. The monoisotopic (exact) mass is 526 g/mol. The highest BCUT2D eigenvalue weighted by Gasteiger charge is 2.31. The molecule has 0 aliphatic heterocycles. The predicted octanol–water partition coefficient (Wildman–Crippen LogP) is 5.19. The van der Waals surface area contributed by atoms with E-state index >= 15 is 0 Å². The number of hydrogen-bond acceptors (Lipinski definition) is 4. The van der Waals surface area contributed by atoms with Crippen LogP contribution in [0.2, 0.25) is 5.02 Å². The standard InChI is InChI=1S/C24H22ClF3N2O4S/c1-16-6-9-20(10-7-16)35(32,33)30(21-13-19(25)8-11-22(21)34-2)15-23(31)29-14-17-4-3-5-18(12-17)24(26,27)28/h3-13H,14-15H2,1-2H3,(H,29,31). The van der Waals surface area contributed by atoms with Gasteiger partial charge in [-0.25, -0.2) is 8.42 Å². The van der Waals surface area contributed by atoms with Crippen molar-refractivity contribution in [3.8, 4) is 5.75 Å². The molecule has 0 aliphatic rings. The molecule has 0 heterocycles. The minimum atomic E-state index is -4.53. The molecule has 0 spiro atoms. The molecule has 3 rings (SSSR count). The number of nitrogens with zero attached hydrogens (tertiary/aromatic N) is 1. The quantitative estimate of drug-likeness (QED) is 0.438. The average Bonchev–Trinajstić information content (AvgIpc) is 2.81. The summed E-state index contributed by atoms with van der Waals surface area (Å²) in [7, 11) is -2.89. The number of hydrogen-bond donors (Lipinski definition) is 1. The minimum Gasteiger partial charge on any atom is -0.495 e. The summed E-state index contributed by atoms with van der Waals surface area (Å²) in [6.07, 6.45) is -4.53. The Morgan fingerprint density at radius 2 is 1.74 bits per heavy atom. The molecule has 1 amide bonds. The molecule has 35 heavy (non-hydrogen) atoms. The van der Waals surface area contributed by atoms with Gasteiger partial charge in [-0.15, -0.1) is 0 Å². The fourth-order valence-electron chi connectivity index (χ4n) is 3.24. The van der Waals surface area contributed by atoms with Crippen molar-refractivity contribution in [1.29, 1.82) is 0 Å². The fourth-order valence-corrected chi connectivity index (χ4v) is 4.83. The van der Waals surface area contributed by atoms with Crippen LogP contribution in [0.5, 0.6) is 5.75 Å². The molecule has 11 heteroatoms. The number of alkyl halides is 3. The van der Waals surface area contributed by atoms with E-state index in [0.29, 0.717) is 0 Å². The molecule has 0 aromatic heterocycles. The van der Waals surface area contributed by atoms with E-state index in [9.17, 15) is 26.4 Å². The van der Waals surface area contributed by atoms with Crippen molar-refractivity contribution in [3.05, 3.63) is 88.4 Å². The first-order chi connectivity index (χ1) is 16.4. The summed E-state index contributed by atoms with van der Waals surface area (Å²) in [5, 5.41) is 2.69. The van der Waals surface area contributed by atoms with E-state index in [1.165, 1.54) is 49.6 Å². The Labute approximate surface area is 206 Å². The highest BCUT2D eigenvalue weighted by atomic mass is 35.5. The van der Waals surface area contributed by atoms with Crippen LogP contribution in [-0.4, -0.2) is 28.0 Å². The van der Waals surface area contributed by atoms with Crippen molar-refractivity contribution >= 4 is 33.2 Å². The van der Waals surface area contributed by atoms with Crippen LogP contribution in [-0.2, 0) is 27.5 Å². The third-order valence-corrected chi connectivity index (χ3v) is 7.06. The Balaban J connectivity index is 1.91. The van der Waals surface area contributed by atoms with Crippen molar-refractivity contribution < 1.29 is 31.1 Å². The maximum absolute atomic E-state index is 13.5. The number of amides is 1. The first-order valence-corrected chi connectivity index (χ1v) is 12.1. The Bertz CT molecular complexity index is 1310. The second kappa shape index (κ2) is 10.6. The molecule has 0 atom stereocenters. The van der Waals surface area contributed by atoms with Crippen LogP contribution >= 0.6 is 11.6 Å². The van der Waals surface area contributed by atoms with Gasteiger partial charge < -0.3 is 10.1 Å². The summed E-state index contributed by atoms with van der Waals surface area (Å²) in [4.78, 5) is 12.7. The number of sulfonamides is 1. The molecule has 0 unspecified atom stereocenters. The lowest BCUT2D eigenvalue weighted by molar-refractivity contribution is -0.137. The molecular weight excluding hydrogens is 505 g/mol. The third kappa shape index (κ3) is 6.46. The van der Waals surface area contributed by atoms with Gasteiger partial charge in [-0.3, -0.25) is 9.10 Å². The first-order valence-electron chi connectivity index (χ1n) is 10.3. The normalized spacial score (nSPS) is 11.7. The van der Waals surface area contributed by atoms with Crippen molar-refractivity contribution in [2.75, 3.05) is 18.0 Å². The lowest BCUT2D eigenvalue weighted by Crippen LogP contribution is -2.41. The van der Waals surface area contributed by atoms with Crippen LogP contribution < -0.4 is 14.4 Å². The lowest BCUT2D eigenvalue weighted by atomic mass is 10.1. The molecule has 186 valence electrons. The van der Waals surface area contributed by atoms with Crippen LogP contribution in [0.25, 0.3) is 0 Å². The fraction of sp³-hybridized carbons (Fsp3) is 0.208. The second-order valence-corrected chi connectivity index (χ2v) is 9.91. The summed E-state index contributed by atoms with van der Waals surface area (Å²) in [6.45, 7) is 0.912. The smallest absolute Gasteiger partial charge is 0.416 e. The Morgan fingerprint density at radius 1 is 1.06 bits per heavy atom. The molecule has 0 saturated heterocycles. The maximum atomic E-state index is 13.5. The molecule has 1 N–H and O–H groups in total. The molecule has 0 saturated carbocycles. The average molecular weight is 527 g/mol. The van der Waals surface area contributed by atoms with Gasteiger partial charge >= 0.3 is 6.18 Å². The van der Waals surface area contributed by atoms with E-state index < -0.39 is 34.2 Å². The molecule has 3 aromatic rings. The number of benzene rings is 3. The van der Waals surface area contributed by atoms with Crippen LogP contribution in [0.3, 0.4) is 0 Å². The molecule has 6 nitrogen and oxygen atoms in total. The third-order valence-electron chi connectivity index (χ3n) is 5.05. The number of rotatable bonds is 8. The van der Waals surface area contributed by atoms with E-state index in [0.717, 1.165) is 22.0 Å². The Hall–Kier alpha value is -3.24. The van der Waals surface area contributed by atoms with E-state index in [2.05, 4.69) is 5.32 Å². The zero-order chi connectivity index (χ0) is 25.8.